The van der Waals surface area contributed by atoms with Gasteiger partial charge in [-0.3, -0.25) is 4.79 Å². The summed E-state index contributed by atoms with van der Waals surface area (Å²) in [4.78, 5) is 11.6. The highest BCUT2D eigenvalue weighted by atomic mass is 32.2. The fraction of sp³-hybridized carbons (Fsp3) is 0.357. The van der Waals surface area contributed by atoms with Gasteiger partial charge in [-0.05, 0) is 25.0 Å². The summed E-state index contributed by atoms with van der Waals surface area (Å²) in [5.74, 6) is 0.138. The number of hydrogen-bond donors (Lipinski definition) is 2. The first kappa shape index (κ1) is 17.0. The summed E-state index contributed by atoms with van der Waals surface area (Å²) in [5.41, 5.74) is -0.845. The number of carbonyl (C=O) groups is 1. The molecule has 0 saturated heterocycles. The van der Waals surface area contributed by atoms with Crippen molar-refractivity contribution in [2.24, 2.45) is 0 Å². The molecule has 0 aliphatic heterocycles. The predicted molar refractivity (Wildman–Crippen MR) is 86.5 cm³/mol. The van der Waals surface area contributed by atoms with Crippen molar-refractivity contribution in [1.82, 2.24) is 15.5 Å². The van der Waals surface area contributed by atoms with Crippen molar-refractivity contribution in [3.05, 3.63) is 29.8 Å². The molecule has 0 bridgehead atoms. The molecule has 2 N–H and O–H groups in total. The molecular weight excluding hydrogens is 361 g/mol. The largest absolute Gasteiger partial charge is 0.418 e. The van der Waals surface area contributed by atoms with Crippen molar-refractivity contribution >= 4 is 39.8 Å². The Morgan fingerprint density at radius 2 is 2.04 bits per heavy atom. The molecule has 128 valence electrons. The van der Waals surface area contributed by atoms with Gasteiger partial charge in [0.25, 0.3) is 0 Å². The number of alkyl halides is 3. The van der Waals surface area contributed by atoms with Crippen molar-refractivity contribution < 1.29 is 18.0 Å². The molecule has 1 aliphatic rings. The number of nitrogens with zero attached hydrogens (tertiary/aromatic N) is 2. The fourth-order valence-corrected chi connectivity index (χ4v) is 3.47. The van der Waals surface area contributed by atoms with Crippen molar-refractivity contribution in [2.75, 3.05) is 11.1 Å². The van der Waals surface area contributed by atoms with Crippen LogP contribution in [-0.2, 0) is 11.0 Å². The van der Waals surface area contributed by atoms with Crippen LogP contribution >= 0.6 is 23.1 Å². The third kappa shape index (κ3) is 4.60. The molecule has 0 atom stereocenters. The van der Waals surface area contributed by atoms with Gasteiger partial charge in [-0.2, -0.15) is 13.2 Å². The molecule has 2 aromatic rings. The van der Waals surface area contributed by atoms with E-state index in [1.165, 1.54) is 30.0 Å². The van der Waals surface area contributed by atoms with Gasteiger partial charge < -0.3 is 10.6 Å². The monoisotopic (exact) mass is 374 g/mol. The number of benzene rings is 1. The molecule has 1 amide bonds. The number of rotatable bonds is 6. The molecule has 0 radical (unpaired) electrons. The molecule has 1 saturated carbocycles. The van der Waals surface area contributed by atoms with E-state index in [1.54, 1.807) is 0 Å². The quantitative estimate of drug-likeness (QED) is 0.755. The van der Waals surface area contributed by atoms with Crippen LogP contribution in [0, 0.1) is 0 Å². The average Bonchev–Trinajstić information content (AvgIpc) is 3.22. The van der Waals surface area contributed by atoms with Gasteiger partial charge in [0.2, 0.25) is 11.0 Å². The van der Waals surface area contributed by atoms with Crippen LogP contribution in [0.2, 0.25) is 0 Å². The van der Waals surface area contributed by atoms with Crippen LogP contribution in [0.5, 0.6) is 0 Å². The predicted octanol–water partition coefficient (Wildman–Crippen LogP) is 3.67. The smallest absolute Gasteiger partial charge is 0.353 e. The molecule has 0 spiro atoms. The summed E-state index contributed by atoms with van der Waals surface area (Å²) in [5, 5.41) is 13.4. The van der Waals surface area contributed by atoms with Crippen molar-refractivity contribution in [3.8, 4) is 0 Å². The Labute approximate surface area is 144 Å². The van der Waals surface area contributed by atoms with E-state index in [-0.39, 0.29) is 22.5 Å². The minimum absolute atomic E-state index is 0.0744. The summed E-state index contributed by atoms with van der Waals surface area (Å²) in [6, 6.07) is 5.47. The Morgan fingerprint density at radius 3 is 2.75 bits per heavy atom. The second kappa shape index (κ2) is 6.98. The van der Waals surface area contributed by atoms with Crippen LogP contribution in [-0.4, -0.2) is 27.9 Å². The summed E-state index contributed by atoms with van der Waals surface area (Å²) >= 11 is 2.32. The van der Waals surface area contributed by atoms with Crippen LogP contribution in [0.25, 0.3) is 0 Å². The Hall–Kier alpha value is -1.81. The van der Waals surface area contributed by atoms with Gasteiger partial charge in [-0.15, -0.1) is 10.2 Å². The highest BCUT2D eigenvalue weighted by Crippen LogP contribution is 2.36. The molecule has 1 heterocycles. The van der Waals surface area contributed by atoms with Gasteiger partial charge in [-0.1, -0.05) is 35.2 Å². The number of thioether (sulfide) groups is 1. The summed E-state index contributed by atoms with van der Waals surface area (Å²) in [6.45, 7) is 0. The number of halogens is 3. The van der Waals surface area contributed by atoms with Crippen molar-refractivity contribution in [3.63, 3.8) is 0 Å². The van der Waals surface area contributed by atoms with E-state index in [1.807, 2.05) is 0 Å². The van der Waals surface area contributed by atoms with E-state index < -0.39 is 11.7 Å². The van der Waals surface area contributed by atoms with Gasteiger partial charge >= 0.3 is 6.18 Å². The first-order valence-electron chi connectivity index (χ1n) is 7.11. The number of hydrogen-bond acceptors (Lipinski definition) is 6. The molecule has 3 rings (SSSR count). The van der Waals surface area contributed by atoms with E-state index in [9.17, 15) is 18.0 Å². The zero-order valence-electron chi connectivity index (χ0n) is 12.3. The molecule has 24 heavy (non-hydrogen) atoms. The highest BCUT2D eigenvalue weighted by molar-refractivity contribution is 8.01. The third-order valence-electron chi connectivity index (χ3n) is 3.15. The number of anilines is 2. The lowest BCUT2D eigenvalue weighted by molar-refractivity contribution is -0.137. The number of aromatic nitrogens is 2. The Bertz CT molecular complexity index is 731. The lowest BCUT2D eigenvalue weighted by Gasteiger charge is -2.12. The number of nitrogens with one attached hydrogen (secondary N) is 2. The molecule has 1 aromatic heterocycles. The fourth-order valence-electron chi connectivity index (χ4n) is 1.90. The van der Waals surface area contributed by atoms with Gasteiger partial charge in [0.1, 0.15) is 0 Å². The summed E-state index contributed by atoms with van der Waals surface area (Å²) in [6.07, 6.45) is -2.42. The van der Waals surface area contributed by atoms with Crippen LogP contribution < -0.4 is 10.6 Å². The summed E-state index contributed by atoms with van der Waals surface area (Å²) < 4.78 is 39.4. The van der Waals surface area contributed by atoms with Gasteiger partial charge in [0.15, 0.2) is 4.34 Å². The second-order valence-corrected chi connectivity index (χ2v) is 7.37. The molecule has 1 aromatic carbocycles. The highest BCUT2D eigenvalue weighted by Gasteiger charge is 2.33. The van der Waals surface area contributed by atoms with E-state index in [0.717, 1.165) is 30.2 Å². The molecule has 5 nitrogen and oxygen atoms in total. The molecule has 1 fully saturated rings. The van der Waals surface area contributed by atoms with Crippen LogP contribution in [0.3, 0.4) is 0 Å². The van der Waals surface area contributed by atoms with Crippen molar-refractivity contribution in [1.29, 1.82) is 0 Å². The van der Waals surface area contributed by atoms with Gasteiger partial charge in [0.05, 0.1) is 17.0 Å². The number of amides is 1. The molecule has 0 unspecified atom stereocenters. The minimum atomic E-state index is -4.45. The molecule has 1 aliphatic carbocycles. The first-order valence-corrected chi connectivity index (χ1v) is 8.91. The maximum Gasteiger partial charge on any atom is 0.418 e. The number of para-hydroxylation sites is 1. The zero-order valence-corrected chi connectivity index (χ0v) is 13.9. The average molecular weight is 374 g/mol. The summed E-state index contributed by atoms with van der Waals surface area (Å²) in [7, 11) is 0. The maximum absolute atomic E-state index is 13.0. The topological polar surface area (TPSA) is 66.9 Å². The lowest BCUT2D eigenvalue weighted by atomic mass is 10.2. The standard InChI is InChI=1S/C14H13F3N4OS2/c15-14(16,17)9-3-1-2-4-10(9)19-12-20-21-13(24-12)23-7-11(22)18-8-5-6-8/h1-4,8H,5-7H2,(H,18,22)(H,19,20). The van der Waals surface area contributed by atoms with Gasteiger partial charge in [-0.25, -0.2) is 0 Å². The maximum atomic E-state index is 13.0. The Kier molecular flexibility index (Phi) is 4.95. The van der Waals surface area contributed by atoms with Crippen molar-refractivity contribution in [2.45, 2.75) is 29.4 Å². The third-order valence-corrected chi connectivity index (χ3v) is 5.12. The molecular formula is C14H13F3N4OS2. The van der Waals surface area contributed by atoms with E-state index in [2.05, 4.69) is 20.8 Å². The number of carbonyl (C=O) groups excluding carboxylic acids is 1. The van der Waals surface area contributed by atoms with Crippen LogP contribution in [0.15, 0.2) is 28.6 Å². The first-order chi connectivity index (χ1) is 11.4. The second-order valence-electron chi connectivity index (χ2n) is 5.17. The van der Waals surface area contributed by atoms with Crippen LogP contribution in [0.4, 0.5) is 24.0 Å². The van der Waals surface area contributed by atoms with E-state index in [4.69, 9.17) is 0 Å². The Balaban J connectivity index is 1.61. The molecule has 10 heteroatoms. The Morgan fingerprint density at radius 1 is 1.29 bits per heavy atom. The van der Waals surface area contributed by atoms with E-state index in [0.29, 0.717) is 10.4 Å². The van der Waals surface area contributed by atoms with Crippen LogP contribution in [0.1, 0.15) is 18.4 Å². The van der Waals surface area contributed by atoms with Gasteiger partial charge in [0, 0.05) is 6.04 Å². The minimum Gasteiger partial charge on any atom is -0.353 e. The zero-order chi connectivity index (χ0) is 17.2. The normalized spacial score (nSPS) is 14.5. The SMILES string of the molecule is O=C(CSc1nnc(Nc2ccccc2C(F)(F)F)s1)NC1CC1. The van der Waals surface area contributed by atoms with E-state index >= 15 is 0 Å². The lowest BCUT2D eigenvalue weighted by Crippen LogP contribution is -2.26.